The molecule has 0 aromatic carbocycles. The van der Waals surface area contributed by atoms with Gasteiger partial charge in [0.1, 0.15) is 23.0 Å². The van der Waals surface area contributed by atoms with E-state index < -0.39 is 46.4 Å². The maximum Gasteiger partial charge on any atom is 0.313 e. The minimum atomic E-state index is -1.52. The topological polar surface area (TPSA) is 116 Å². The molecular formula is C41H62O8. The highest BCUT2D eigenvalue weighted by molar-refractivity contribution is 5.97. The molecule has 2 aliphatic carbocycles. The minimum absolute atomic E-state index is 0.0166. The molecule has 49 heavy (non-hydrogen) atoms. The molecule has 0 aromatic rings. The summed E-state index contributed by atoms with van der Waals surface area (Å²) in [5, 5.41) is 12.2. The molecule has 5 aliphatic rings. The summed E-state index contributed by atoms with van der Waals surface area (Å²) >= 11 is 0. The summed E-state index contributed by atoms with van der Waals surface area (Å²) in [6.07, 6.45) is 6.79. The second-order valence-corrected chi connectivity index (χ2v) is 17.4. The summed E-state index contributed by atoms with van der Waals surface area (Å²) < 4.78 is 19.1. The molecule has 2 saturated heterocycles. The molecule has 3 aliphatic heterocycles. The summed E-state index contributed by atoms with van der Waals surface area (Å²) in [7, 11) is 1.34. The van der Waals surface area contributed by atoms with Gasteiger partial charge in [0, 0.05) is 42.9 Å². The number of rotatable bonds is 2. The van der Waals surface area contributed by atoms with Gasteiger partial charge in [0.05, 0.1) is 36.4 Å². The van der Waals surface area contributed by atoms with Crippen LogP contribution in [0.15, 0.2) is 22.8 Å². The molecule has 0 amide bonds. The molecule has 8 heteroatoms. The van der Waals surface area contributed by atoms with Crippen LogP contribution < -0.4 is 0 Å². The van der Waals surface area contributed by atoms with Crippen molar-refractivity contribution in [1.82, 2.24) is 0 Å². The Kier molecular flexibility index (Phi) is 11.2. The van der Waals surface area contributed by atoms with E-state index in [-0.39, 0.29) is 66.6 Å². The zero-order valence-corrected chi connectivity index (χ0v) is 31.6. The number of allylic oxidation sites excluding steroid dienone is 3. The monoisotopic (exact) mass is 682 g/mol. The van der Waals surface area contributed by atoms with Crippen molar-refractivity contribution in [2.75, 3.05) is 7.11 Å². The molecular weight excluding hydrogens is 620 g/mol. The van der Waals surface area contributed by atoms with E-state index in [2.05, 4.69) is 19.9 Å². The number of fused-ring (bicyclic) bond motifs is 9. The van der Waals surface area contributed by atoms with Crippen LogP contribution in [0.3, 0.4) is 0 Å². The maximum absolute atomic E-state index is 14.7. The first kappa shape index (κ1) is 38.1. The molecule has 0 aromatic heterocycles. The van der Waals surface area contributed by atoms with Gasteiger partial charge in [-0.2, -0.15) is 0 Å². The second kappa shape index (κ2) is 14.5. The summed E-state index contributed by atoms with van der Waals surface area (Å²) in [5.74, 6) is -2.92. The Balaban J connectivity index is 1.70. The molecule has 3 heterocycles. The molecule has 1 saturated carbocycles. The number of aliphatic hydroxyl groups excluding tert-OH is 1. The SMILES string of the molecule is COC(=O)[C@]12CC(=O)[C@H](C(C)C)CC(=O)[C@H](C)CCC[C@H](C)CC(=O)[C@H]1CC(C)=C1C[C@H](O)[C@@]3(C)O[C@@H](CC/C(C)=C/[C@@H]12)[C@]1(C)CC[C@H]3O1. The summed E-state index contributed by atoms with van der Waals surface area (Å²) in [6.45, 7) is 16.0. The number of ketones is 3. The highest BCUT2D eigenvalue weighted by Gasteiger charge is 2.62. The van der Waals surface area contributed by atoms with Gasteiger partial charge in [-0.1, -0.05) is 63.3 Å². The number of hydrogen-bond donors (Lipinski definition) is 1. The first-order valence-corrected chi connectivity index (χ1v) is 19.0. The molecule has 3 fully saturated rings. The molecule has 0 unspecified atom stereocenters. The van der Waals surface area contributed by atoms with Crippen LogP contribution in [0.2, 0.25) is 0 Å². The maximum atomic E-state index is 14.7. The van der Waals surface area contributed by atoms with Crippen molar-refractivity contribution in [3.8, 4) is 0 Å². The quantitative estimate of drug-likeness (QED) is 0.239. The number of carbonyl (C=O) groups is 4. The van der Waals surface area contributed by atoms with Crippen molar-refractivity contribution >= 4 is 23.3 Å². The first-order valence-electron chi connectivity index (χ1n) is 19.0. The Morgan fingerprint density at radius 1 is 0.918 bits per heavy atom. The van der Waals surface area contributed by atoms with Gasteiger partial charge in [-0.05, 0) is 84.5 Å². The number of methoxy groups -OCH3 is 1. The Hall–Kier alpha value is -2.16. The molecule has 274 valence electrons. The number of Topliss-reactive ketones (excluding diaryl/α,β-unsaturated/α-hetero) is 3. The van der Waals surface area contributed by atoms with Crippen LogP contribution in [0, 0.1) is 40.9 Å². The number of carbonyl (C=O) groups excluding carboxylic acids is 4. The lowest BCUT2D eigenvalue weighted by Gasteiger charge is -2.51. The van der Waals surface area contributed by atoms with Crippen molar-refractivity contribution < 1.29 is 38.5 Å². The lowest BCUT2D eigenvalue weighted by molar-refractivity contribution is -0.296. The highest BCUT2D eigenvalue weighted by atomic mass is 16.6. The van der Waals surface area contributed by atoms with Gasteiger partial charge in [0.25, 0.3) is 0 Å². The molecule has 1 N–H and O–H groups in total. The highest BCUT2D eigenvalue weighted by Crippen LogP contribution is 2.57. The Morgan fingerprint density at radius 3 is 2.31 bits per heavy atom. The fourth-order valence-electron chi connectivity index (χ4n) is 10.0. The predicted molar refractivity (Wildman–Crippen MR) is 188 cm³/mol. The Bertz CT molecular complexity index is 1380. The van der Waals surface area contributed by atoms with Gasteiger partial charge in [0.15, 0.2) is 0 Å². The lowest BCUT2D eigenvalue weighted by atomic mass is 9.53. The smallest absolute Gasteiger partial charge is 0.313 e. The molecule has 8 nitrogen and oxygen atoms in total. The zero-order valence-electron chi connectivity index (χ0n) is 31.6. The number of esters is 1. The van der Waals surface area contributed by atoms with Crippen LogP contribution in [0.5, 0.6) is 0 Å². The van der Waals surface area contributed by atoms with Crippen LogP contribution in [-0.2, 0) is 33.4 Å². The predicted octanol–water partition coefficient (Wildman–Crippen LogP) is 7.29. The van der Waals surface area contributed by atoms with Crippen molar-refractivity contribution in [1.29, 1.82) is 0 Å². The standard InChI is InChI=1S/C41H62O8/c1-23(2)28-20-32(42)26(5)12-10-11-24(3)18-33(43)31-19-27(6)29-21-35(45)40(8)37-15-16-39(7,48-37)36(49-40)14-13-25(4)17-30(29)41(31,22-34(28)44)38(46)47-9/h17,23-24,26,28,30-31,35-37,45H,10-16,18-22H2,1-9H3/b25-17+/t24-,26+,28-,30-,31+,35-,36-,37+,39-,40+,41-/m0/s1. The van der Waals surface area contributed by atoms with Crippen molar-refractivity contribution in [3.63, 3.8) is 0 Å². The second-order valence-electron chi connectivity index (χ2n) is 17.4. The van der Waals surface area contributed by atoms with Crippen LogP contribution in [-0.4, -0.2) is 65.0 Å². The largest absolute Gasteiger partial charge is 0.469 e. The molecule has 4 bridgehead atoms. The van der Waals surface area contributed by atoms with E-state index in [1.165, 1.54) is 7.11 Å². The van der Waals surface area contributed by atoms with E-state index >= 15 is 0 Å². The minimum Gasteiger partial charge on any atom is -0.469 e. The van der Waals surface area contributed by atoms with Gasteiger partial charge in [-0.25, -0.2) is 0 Å². The van der Waals surface area contributed by atoms with Crippen LogP contribution in [0.25, 0.3) is 0 Å². The van der Waals surface area contributed by atoms with Crippen LogP contribution >= 0.6 is 0 Å². The Morgan fingerprint density at radius 2 is 1.63 bits per heavy atom. The Labute approximate surface area is 294 Å². The van der Waals surface area contributed by atoms with Crippen LogP contribution in [0.1, 0.15) is 132 Å². The van der Waals surface area contributed by atoms with Crippen molar-refractivity contribution in [3.05, 3.63) is 22.8 Å². The number of hydrogen-bond acceptors (Lipinski definition) is 8. The number of aliphatic hydroxyl groups is 1. The molecule has 0 radical (unpaired) electrons. The lowest BCUT2D eigenvalue weighted by Crippen LogP contribution is -2.62. The third-order valence-corrected chi connectivity index (χ3v) is 13.5. The van der Waals surface area contributed by atoms with E-state index in [1.807, 2.05) is 41.5 Å². The van der Waals surface area contributed by atoms with E-state index in [9.17, 15) is 24.3 Å². The van der Waals surface area contributed by atoms with E-state index in [0.717, 1.165) is 48.8 Å². The van der Waals surface area contributed by atoms with Gasteiger partial charge in [-0.15, -0.1) is 0 Å². The van der Waals surface area contributed by atoms with Crippen molar-refractivity contribution in [2.24, 2.45) is 40.9 Å². The molecule has 11 atom stereocenters. The van der Waals surface area contributed by atoms with Gasteiger partial charge >= 0.3 is 5.97 Å². The average Bonchev–Trinajstić information content (AvgIpc) is 3.41. The van der Waals surface area contributed by atoms with Gasteiger partial charge in [-0.3, -0.25) is 19.2 Å². The van der Waals surface area contributed by atoms with E-state index in [4.69, 9.17) is 14.2 Å². The van der Waals surface area contributed by atoms with Gasteiger partial charge in [0.2, 0.25) is 0 Å². The summed E-state index contributed by atoms with van der Waals surface area (Å²) in [4.78, 5) is 57.4. The van der Waals surface area contributed by atoms with E-state index in [0.29, 0.717) is 25.7 Å². The first-order chi connectivity index (χ1) is 23.0. The molecule has 0 spiro atoms. The zero-order chi connectivity index (χ0) is 36.1. The summed E-state index contributed by atoms with van der Waals surface area (Å²) in [6, 6.07) is 0. The van der Waals surface area contributed by atoms with Crippen LogP contribution in [0.4, 0.5) is 0 Å². The van der Waals surface area contributed by atoms with Gasteiger partial charge < -0.3 is 19.3 Å². The summed E-state index contributed by atoms with van der Waals surface area (Å²) in [5.41, 5.74) is -0.0540. The third-order valence-electron chi connectivity index (χ3n) is 13.5. The van der Waals surface area contributed by atoms with E-state index in [1.54, 1.807) is 0 Å². The normalized spacial score (nSPS) is 43.9. The van der Waals surface area contributed by atoms with Crippen molar-refractivity contribution in [2.45, 2.75) is 162 Å². The fraction of sp³-hybridized carbons (Fsp3) is 0.805. The molecule has 5 rings (SSSR count). The third kappa shape index (κ3) is 7.04. The fourth-order valence-corrected chi connectivity index (χ4v) is 10.0. The average molecular weight is 683 g/mol. The number of ether oxygens (including phenoxy) is 3.